The third-order valence-corrected chi connectivity index (χ3v) is 2.85. The van der Waals surface area contributed by atoms with Crippen LogP contribution in [0.5, 0.6) is 0 Å². The van der Waals surface area contributed by atoms with Crippen LogP contribution < -0.4 is 10.6 Å². The van der Waals surface area contributed by atoms with E-state index in [0.717, 1.165) is 10.2 Å². The molecule has 0 aliphatic carbocycles. The first-order chi connectivity index (χ1) is 9.25. The first-order valence-electron chi connectivity index (χ1n) is 5.79. The normalized spacial score (nSPS) is 9.95. The van der Waals surface area contributed by atoms with Crippen molar-refractivity contribution in [3.8, 4) is 0 Å². The van der Waals surface area contributed by atoms with Crippen LogP contribution in [0.1, 0.15) is 10.5 Å². The Labute approximate surface area is 119 Å². The van der Waals surface area contributed by atoms with Crippen molar-refractivity contribution in [3.63, 3.8) is 0 Å². The molecule has 98 valence electrons. The molecule has 1 aromatic carbocycles. The highest BCUT2D eigenvalue weighted by atomic mass is 79.9. The molecule has 0 spiro atoms. The van der Waals surface area contributed by atoms with Gasteiger partial charge in [-0.1, -0.05) is 22.0 Å². The highest BCUT2D eigenvalue weighted by Crippen LogP contribution is 2.14. The van der Waals surface area contributed by atoms with Crippen molar-refractivity contribution in [2.45, 2.75) is 0 Å². The topological polar surface area (TPSA) is 66.9 Å². The zero-order valence-corrected chi connectivity index (χ0v) is 11.7. The summed E-state index contributed by atoms with van der Waals surface area (Å²) in [5, 5.41) is 5.98. The fourth-order valence-electron chi connectivity index (χ4n) is 1.49. The molecule has 0 radical (unpaired) electrons. The number of aromatic nitrogens is 2. The van der Waals surface area contributed by atoms with Gasteiger partial charge < -0.3 is 10.6 Å². The van der Waals surface area contributed by atoms with Crippen molar-refractivity contribution in [2.24, 2.45) is 0 Å². The van der Waals surface area contributed by atoms with Gasteiger partial charge in [0.25, 0.3) is 5.91 Å². The summed E-state index contributed by atoms with van der Waals surface area (Å²) in [6.45, 7) is 1.16. The molecule has 2 aromatic rings. The van der Waals surface area contributed by atoms with Gasteiger partial charge in [-0.05, 0) is 18.2 Å². The molecule has 2 N–H and O–H groups in total. The first-order valence-corrected chi connectivity index (χ1v) is 6.58. The molecule has 0 fully saturated rings. The predicted octanol–water partition coefficient (Wildman–Crippen LogP) is 2.08. The molecule has 0 saturated heterocycles. The maximum Gasteiger partial charge on any atom is 0.271 e. The average molecular weight is 321 g/mol. The summed E-state index contributed by atoms with van der Waals surface area (Å²) in [6, 6.07) is 7.85. The number of amides is 1. The molecule has 0 saturated carbocycles. The smallest absolute Gasteiger partial charge is 0.271 e. The fraction of sp³-hybridized carbons (Fsp3) is 0.154. The largest absolute Gasteiger partial charge is 0.383 e. The van der Waals surface area contributed by atoms with E-state index in [4.69, 9.17) is 0 Å². The van der Waals surface area contributed by atoms with Crippen LogP contribution in [0.3, 0.4) is 0 Å². The van der Waals surface area contributed by atoms with Gasteiger partial charge in [0.2, 0.25) is 0 Å². The van der Waals surface area contributed by atoms with Crippen LogP contribution in [0.15, 0.2) is 47.3 Å². The molecular weight excluding hydrogens is 308 g/mol. The number of halogens is 1. The quantitative estimate of drug-likeness (QED) is 0.828. The molecule has 19 heavy (non-hydrogen) atoms. The molecule has 6 heteroatoms. The van der Waals surface area contributed by atoms with E-state index in [1.165, 1.54) is 18.6 Å². The Balaban J connectivity index is 1.74. The zero-order valence-electron chi connectivity index (χ0n) is 10.1. The first kappa shape index (κ1) is 13.5. The number of carbonyl (C=O) groups excluding carboxylic acids is 1. The minimum atomic E-state index is -0.218. The Hall–Kier alpha value is -1.95. The molecule has 1 amide bonds. The molecular formula is C13H13BrN4O. The van der Waals surface area contributed by atoms with E-state index in [0.29, 0.717) is 18.8 Å². The second-order valence-corrected chi connectivity index (χ2v) is 4.70. The van der Waals surface area contributed by atoms with E-state index in [1.807, 2.05) is 24.3 Å². The summed E-state index contributed by atoms with van der Waals surface area (Å²) in [5.74, 6) is -0.218. The number of hydrogen-bond donors (Lipinski definition) is 2. The van der Waals surface area contributed by atoms with Crippen molar-refractivity contribution in [1.82, 2.24) is 15.3 Å². The number of hydrogen-bond acceptors (Lipinski definition) is 4. The molecule has 0 bridgehead atoms. The van der Waals surface area contributed by atoms with Gasteiger partial charge >= 0.3 is 0 Å². The third-order valence-electron chi connectivity index (χ3n) is 2.36. The Morgan fingerprint density at radius 1 is 1.26 bits per heavy atom. The Kier molecular flexibility index (Phi) is 4.85. The maximum atomic E-state index is 11.7. The van der Waals surface area contributed by atoms with Gasteiger partial charge in [-0.25, -0.2) is 4.98 Å². The lowest BCUT2D eigenvalue weighted by Crippen LogP contribution is -2.29. The minimum Gasteiger partial charge on any atom is -0.383 e. The van der Waals surface area contributed by atoms with Gasteiger partial charge in [-0.2, -0.15) is 0 Å². The zero-order chi connectivity index (χ0) is 13.5. The number of carbonyl (C=O) groups is 1. The van der Waals surface area contributed by atoms with E-state index >= 15 is 0 Å². The monoisotopic (exact) mass is 320 g/mol. The standard InChI is InChI=1S/C13H13BrN4O/c14-10-2-1-3-11(8-10)16-6-7-18-13(19)12-9-15-4-5-17-12/h1-5,8-9,16H,6-7H2,(H,18,19). The molecule has 1 heterocycles. The van der Waals surface area contributed by atoms with Crippen molar-refractivity contribution in [2.75, 3.05) is 18.4 Å². The van der Waals surface area contributed by atoms with E-state index in [1.54, 1.807) is 0 Å². The van der Waals surface area contributed by atoms with Crippen LogP contribution in [-0.4, -0.2) is 29.0 Å². The van der Waals surface area contributed by atoms with E-state index in [-0.39, 0.29) is 5.91 Å². The summed E-state index contributed by atoms with van der Waals surface area (Å²) in [5.41, 5.74) is 1.33. The van der Waals surface area contributed by atoms with Crippen molar-refractivity contribution in [3.05, 3.63) is 53.0 Å². The summed E-state index contributed by atoms with van der Waals surface area (Å²) < 4.78 is 1.01. The number of anilines is 1. The van der Waals surface area contributed by atoms with Gasteiger partial charge in [-0.15, -0.1) is 0 Å². The van der Waals surface area contributed by atoms with Gasteiger partial charge in [-0.3, -0.25) is 9.78 Å². The highest BCUT2D eigenvalue weighted by Gasteiger charge is 2.04. The number of benzene rings is 1. The van der Waals surface area contributed by atoms with Crippen molar-refractivity contribution < 1.29 is 4.79 Å². The van der Waals surface area contributed by atoms with E-state index in [2.05, 4.69) is 36.5 Å². The fourth-order valence-corrected chi connectivity index (χ4v) is 1.89. The second-order valence-electron chi connectivity index (χ2n) is 3.78. The molecule has 2 rings (SSSR count). The lowest BCUT2D eigenvalue weighted by Gasteiger charge is -2.07. The van der Waals surface area contributed by atoms with E-state index in [9.17, 15) is 4.79 Å². The van der Waals surface area contributed by atoms with Gasteiger partial charge in [0, 0.05) is 35.6 Å². The lowest BCUT2D eigenvalue weighted by molar-refractivity contribution is 0.0950. The van der Waals surface area contributed by atoms with Crippen molar-refractivity contribution >= 4 is 27.5 Å². The summed E-state index contributed by atoms with van der Waals surface area (Å²) >= 11 is 3.40. The number of nitrogens with one attached hydrogen (secondary N) is 2. The molecule has 5 nitrogen and oxygen atoms in total. The highest BCUT2D eigenvalue weighted by molar-refractivity contribution is 9.10. The Bertz CT molecular complexity index is 547. The van der Waals surface area contributed by atoms with E-state index < -0.39 is 0 Å². The van der Waals surface area contributed by atoms with Crippen LogP contribution in [0.4, 0.5) is 5.69 Å². The SMILES string of the molecule is O=C(NCCNc1cccc(Br)c1)c1cnccn1. The molecule has 0 atom stereocenters. The molecule has 0 aliphatic heterocycles. The average Bonchev–Trinajstić information content (AvgIpc) is 2.44. The van der Waals surface area contributed by atoms with Crippen LogP contribution in [0, 0.1) is 0 Å². The lowest BCUT2D eigenvalue weighted by atomic mass is 10.3. The summed E-state index contributed by atoms with van der Waals surface area (Å²) in [6.07, 6.45) is 4.47. The van der Waals surface area contributed by atoms with Crippen LogP contribution in [0.2, 0.25) is 0 Å². The Morgan fingerprint density at radius 2 is 2.16 bits per heavy atom. The molecule has 0 unspecified atom stereocenters. The number of nitrogens with zero attached hydrogens (tertiary/aromatic N) is 2. The summed E-state index contributed by atoms with van der Waals surface area (Å²) in [7, 11) is 0. The van der Waals surface area contributed by atoms with Crippen LogP contribution in [0.25, 0.3) is 0 Å². The molecule has 0 aliphatic rings. The van der Waals surface area contributed by atoms with Gasteiger partial charge in [0.15, 0.2) is 0 Å². The third kappa shape index (κ3) is 4.33. The van der Waals surface area contributed by atoms with Crippen LogP contribution >= 0.6 is 15.9 Å². The maximum absolute atomic E-state index is 11.7. The molecule has 1 aromatic heterocycles. The Morgan fingerprint density at radius 3 is 2.89 bits per heavy atom. The minimum absolute atomic E-state index is 0.218. The van der Waals surface area contributed by atoms with Crippen LogP contribution in [-0.2, 0) is 0 Å². The van der Waals surface area contributed by atoms with Gasteiger partial charge in [0.1, 0.15) is 5.69 Å². The van der Waals surface area contributed by atoms with Gasteiger partial charge in [0.05, 0.1) is 6.20 Å². The number of rotatable bonds is 5. The van der Waals surface area contributed by atoms with Crippen molar-refractivity contribution in [1.29, 1.82) is 0 Å². The summed E-state index contributed by atoms with van der Waals surface area (Å²) in [4.78, 5) is 19.4. The second kappa shape index (κ2) is 6.84. The predicted molar refractivity (Wildman–Crippen MR) is 77.0 cm³/mol.